The van der Waals surface area contributed by atoms with Crippen LogP contribution in [0.3, 0.4) is 0 Å². The molecule has 0 saturated carbocycles. The van der Waals surface area contributed by atoms with Crippen LogP contribution in [0.4, 0.5) is 0 Å². The summed E-state index contributed by atoms with van der Waals surface area (Å²) in [6.45, 7) is 2.76. The van der Waals surface area contributed by atoms with Gasteiger partial charge in [0.25, 0.3) is 0 Å². The fraction of sp³-hybridized carbons (Fsp3) is 0.263. The molecule has 1 aliphatic heterocycles. The SMILES string of the molecule is COCC=C1CN(C(c2ccccc2)c2ccccc2)C1. The summed E-state index contributed by atoms with van der Waals surface area (Å²) in [5.41, 5.74) is 4.18. The molecule has 3 rings (SSSR count). The normalized spacial score (nSPS) is 15.0. The zero-order chi connectivity index (χ0) is 14.5. The van der Waals surface area contributed by atoms with Crippen molar-refractivity contribution in [3.63, 3.8) is 0 Å². The smallest absolute Gasteiger partial charge is 0.0647 e. The van der Waals surface area contributed by atoms with Gasteiger partial charge in [0, 0.05) is 20.2 Å². The largest absolute Gasteiger partial charge is 0.381 e. The molecule has 0 N–H and O–H groups in total. The van der Waals surface area contributed by atoms with Gasteiger partial charge in [0.2, 0.25) is 0 Å². The van der Waals surface area contributed by atoms with Crippen molar-refractivity contribution in [3.05, 3.63) is 83.4 Å². The molecule has 0 unspecified atom stereocenters. The summed E-state index contributed by atoms with van der Waals surface area (Å²) in [5.74, 6) is 0. The first kappa shape index (κ1) is 14.1. The van der Waals surface area contributed by atoms with Crippen molar-refractivity contribution >= 4 is 0 Å². The fourth-order valence-corrected chi connectivity index (χ4v) is 2.87. The van der Waals surface area contributed by atoms with E-state index < -0.39 is 0 Å². The molecule has 1 saturated heterocycles. The summed E-state index contributed by atoms with van der Waals surface area (Å²) >= 11 is 0. The molecule has 0 aromatic heterocycles. The molecular formula is C19H21NO. The Kier molecular flexibility index (Phi) is 4.49. The van der Waals surface area contributed by atoms with Crippen molar-refractivity contribution in [3.8, 4) is 0 Å². The maximum absolute atomic E-state index is 5.12. The highest BCUT2D eigenvalue weighted by molar-refractivity contribution is 5.34. The van der Waals surface area contributed by atoms with Gasteiger partial charge in [-0.05, 0) is 16.7 Å². The quantitative estimate of drug-likeness (QED) is 0.774. The second kappa shape index (κ2) is 6.70. The molecule has 0 radical (unpaired) electrons. The Morgan fingerprint density at radius 2 is 1.48 bits per heavy atom. The highest BCUT2D eigenvalue weighted by Gasteiger charge is 2.29. The number of methoxy groups -OCH3 is 1. The Morgan fingerprint density at radius 1 is 0.952 bits per heavy atom. The maximum Gasteiger partial charge on any atom is 0.0647 e. The zero-order valence-corrected chi connectivity index (χ0v) is 12.4. The lowest BCUT2D eigenvalue weighted by molar-refractivity contribution is 0.193. The van der Waals surface area contributed by atoms with Gasteiger partial charge in [-0.25, -0.2) is 0 Å². The topological polar surface area (TPSA) is 12.5 Å². The van der Waals surface area contributed by atoms with Gasteiger partial charge in [-0.15, -0.1) is 0 Å². The molecule has 0 amide bonds. The summed E-state index contributed by atoms with van der Waals surface area (Å²) < 4.78 is 5.12. The van der Waals surface area contributed by atoms with Gasteiger partial charge in [0.1, 0.15) is 0 Å². The molecule has 2 nitrogen and oxygen atoms in total. The fourth-order valence-electron chi connectivity index (χ4n) is 2.87. The molecule has 21 heavy (non-hydrogen) atoms. The van der Waals surface area contributed by atoms with E-state index in [9.17, 15) is 0 Å². The van der Waals surface area contributed by atoms with Crippen molar-refractivity contribution in [1.82, 2.24) is 4.90 Å². The van der Waals surface area contributed by atoms with Crippen molar-refractivity contribution in [2.24, 2.45) is 0 Å². The lowest BCUT2D eigenvalue weighted by Gasteiger charge is -2.41. The second-order valence-electron chi connectivity index (χ2n) is 5.45. The van der Waals surface area contributed by atoms with Gasteiger partial charge in [-0.3, -0.25) is 4.90 Å². The van der Waals surface area contributed by atoms with Crippen LogP contribution in [-0.2, 0) is 4.74 Å². The Balaban J connectivity index is 1.82. The van der Waals surface area contributed by atoms with Gasteiger partial charge in [0.15, 0.2) is 0 Å². The number of hydrogen-bond donors (Lipinski definition) is 0. The van der Waals surface area contributed by atoms with Crippen LogP contribution in [0.1, 0.15) is 17.2 Å². The molecule has 0 aliphatic carbocycles. The van der Waals surface area contributed by atoms with Crippen molar-refractivity contribution < 1.29 is 4.74 Å². The third-order valence-corrected chi connectivity index (χ3v) is 3.95. The lowest BCUT2D eigenvalue weighted by Crippen LogP contribution is -2.43. The number of hydrogen-bond acceptors (Lipinski definition) is 2. The molecule has 0 bridgehead atoms. The molecule has 0 spiro atoms. The first-order chi connectivity index (χ1) is 10.4. The summed E-state index contributed by atoms with van der Waals surface area (Å²) in [7, 11) is 1.74. The van der Waals surface area contributed by atoms with Gasteiger partial charge in [0.05, 0.1) is 12.6 Å². The minimum Gasteiger partial charge on any atom is -0.381 e. The predicted octanol–water partition coefficient (Wildman–Crippen LogP) is 3.66. The van der Waals surface area contributed by atoms with Crippen molar-refractivity contribution in [2.75, 3.05) is 26.8 Å². The monoisotopic (exact) mass is 279 g/mol. The number of likely N-dealkylation sites (tertiary alicyclic amines) is 1. The summed E-state index contributed by atoms with van der Waals surface area (Å²) in [4.78, 5) is 2.51. The molecule has 0 atom stereocenters. The molecule has 2 aromatic rings. The van der Waals surface area contributed by atoms with E-state index in [0.29, 0.717) is 12.6 Å². The minimum absolute atomic E-state index is 0.340. The standard InChI is InChI=1S/C19H21NO/c1-21-13-12-16-14-20(15-16)19(17-8-4-2-5-9-17)18-10-6-3-7-11-18/h2-12,19H,13-15H2,1H3. The first-order valence-electron chi connectivity index (χ1n) is 7.39. The van der Waals surface area contributed by atoms with Crippen LogP contribution in [0.25, 0.3) is 0 Å². The highest BCUT2D eigenvalue weighted by atomic mass is 16.5. The van der Waals surface area contributed by atoms with Crippen LogP contribution in [0.15, 0.2) is 72.3 Å². The van der Waals surface area contributed by atoms with E-state index in [1.165, 1.54) is 16.7 Å². The number of nitrogens with zero attached hydrogens (tertiary/aromatic N) is 1. The van der Waals surface area contributed by atoms with Gasteiger partial charge in [-0.1, -0.05) is 66.7 Å². The van der Waals surface area contributed by atoms with Crippen LogP contribution < -0.4 is 0 Å². The summed E-state index contributed by atoms with van der Waals surface area (Å²) in [6, 6.07) is 21.8. The molecule has 2 heteroatoms. The first-order valence-corrected chi connectivity index (χ1v) is 7.39. The third-order valence-electron chi connectivity index (χ3n) is 3.95. The molecule has 1 fully saturated rings. The molecule has 1 aliphatic rings. The van der Waals surface area contributed by atoms with Gasteiger partial charge >= 0.3 is 0 Å². The van der Waals surface area contributed by atoms with Crippen LogP contribution in [0.5, 0.6) is 0 Å². The zero-order valence-electron chi connectivity index (χ0n) is 12.4. The van der Waals surface area contributed by atoms with E-state index in [4.69, 9.17) is 4.74 Å². The summed E-state index contributed by atoms with van der Waals surface area (Å²) in [6.07, 6.45) is 2.20. The molecule has 2 aromatic carbocycles. The van der Waals surface area contributed by atoms with Crippen LogP contribution in [0.2, 0.25) is 0 Å². The van der Waals surface area contributed by atoms with E-state index in [2.05, 4.69) is 71.6 Å². The molecular weight excluding hydrogens is 258 g/mol. The average molecular weight is 279 g/mol. The predicted molar refractivity (Wildman–Crippen MR) is 86.3 cm³/mol. The third kappa shape index (κ3) is 3.23. The number of rotatable bonds is 5. The highest BCUT2D eigenvalue weighted by Crippen LogP contribution is 2.33. The van der Waals surface area contributed by atoms with Crippen LogP contribution in [-0.4, -0.2) is 31.7 Å². The average Bonchev–Trinajstić information content (AvgIpc) is 2.51. The Morgan fingerprint density at radius 3 is 1.95 bits per heavy atom. The van der Waals surface area contributed by atoms with E-state index in [0.717, 1.165) is 13.1 Å². The van der Waals surface area contributed by atoms with Crippen LogP contribution >= 0.6 is 0 Å². The molecule has 1 heterocycles. The van der Waals surface area contributed by atoms with Gasteiger partial charge < -0.3 is 4.74 Å². The Hall–Kier alpha value is -1.90. The Labute approximate surface area is 126 Å². The number of ether oxygens (including phenoxy) is 1. The van der Waals surface area contributed by atoms with Crippen LogP contribution in [0, 0.1) is 0 Å². The minimum atomic E-state index is 0.340. The molecule has 108 valence electrons. The second-order valence-corrected chi connectivity index (χ2v) is 5.45. The Bertz CT molecular complexity index is 544. The maximum atomic E-state index is 5.12. The van der Waals surface area contributed by atoms with E-state index >= 15 is 0 Å². The number of benzene rings is 2. The van der Waals surface area contributed by atoms with E-state index in [1.54, 1.807) is 7.11 Å². The van der Waals surface area contributed by atoms with Gasteiger partial charge in [-0.2, -0.15) is 0 Å². The van der Waals surface area contributed by atoms with Crippen molar-refractivity contribution in [2.45, 2.75) is 6.04 Å². The lowest BCUT2D eigenvalue weighted by atomic mass is 9.93. The van der Waals surface area contributed by atoms with E-state index in [1.807, 2.05) is 0 Å². The summed E-state index contributed by atoms with van der Waals surface area (Å²) in [5, 5.41) is 0. The van der Waals surface area contributed by atoms with E-state index in [-0.39, 0.29) is 0 Å². The van der Waals surface area contributed by atoms with Crippen molar-refractivity contribution in [1.29, 1.82) is 0 Å².